The van der Waals surface area contributed by atoms with Crippen molar-refractivity contribution in [3.63, 3.8) is 0 Å². The summed E-state index contributed by atoms with van der Waals surface area (Å²) in [4.78, 5) is 11.0. The van der Waals surface area contributed by atoms with Crippen molar-refractivity contribution < 1.29 is 35.9 Å². The fourth-order valence-electron chi connectivity index (χ4n) is 2.71. The first-order valence-electron chi connectivity index (χ1n) is 9.70. The minimum atomic E-state index is -5.51. The number of azo groups is 1. The van der Waals surface area contributed by atoms with Gasteiger partial charge < -0.3 is 10.1 Å². The summed E-state index contributed by atoms with van der Waals surface area (Å²) in [5, 5.41) is 10.7. The molecule has 3 aromatic carbocycles. The molecule has 178 valence electrons. The Morgan fingerprint density at radius 3 is 1.68 bits per heavy atom. The molecule has 0 unspecified atom stereocenters. The van der Waals surface area contributed by atoms with Crippen molar-refractivity contribution in [1.29, 1.82) is 0 Å². The highest BCUT2D eigenvalue weighted by molar-refractivity contribution is 5.88. The smallest absolute Gasteiger partial charge is 0.373 e. The van der Waals surface area contributed by atoms with E-state index in [1.807, 2.05) is 0 Å². The summed E-state index contributed by atoms with van der Waals surface area (Å²) in [5.41, 5.74) is 0.379. The first kappa shape index (κ1) is 24.7. The van der Waals surface area contributed by atoms with Crippen LogP contribution < -0.4 is 10.1 Å². The van der Waals surface area contributed by atoms with Crippen molar-refractivity contribution in [3.05, 3.63) is 78.4 Å². The lowest BCUT2D eigenvalue weighted by molar-refractivity contribution is -0.270. The molecular weight excluding hydrogens is 464 g/mol. The van der Waals surface area contributed by atoms with Crippen molar-refractivity contribution >= 4 is 23.0 Å². The molecule has 0 bridgehead atoms. The average molecular weight is 481 g/mol. The van der Waals surface area contributed by atoms with Crippen molar-refractivity contribution in [2.24, 2.45) is 10.2 Å². The van der Waals surface area contributed by atoms with Crippen LogP contribution in [0.2, 0.25) is 0 Å². The van der Waals surface area contributed by atoms with Crippen LogP contribution in [0.3, 0.4) is 0 Å². The van der Waals surface area contributed by atoms with E-state index in [4.69, 9.17) is 4.74 Å². The van der Waals surface area contributed by atoms with E-state index in [2.05, 4.69) is 15.5 Å². The van der Waals surface area contributed by atoms with Crippen LogP contribution in [-0.4, -0.2) is 18.3 Å². The third-order valence-corrected chi connectivity index (χ3v) is 4.45. The highest BCUT2D eigenvalue weighted by Gasteiger charge is 2.63. The van der Waals surface area contributed by atoms with Gasteiger partial charge in [0.15, 0.2) is 0 Å². The molecule has 0 heterocycles. The number of rotatable bonds is 8. The summed E-state index contributed by atoms with van der Waals surface area (Å²) in [7, 11) is 0. The molecule has 0 aliphatic heterocycles. The third-order valence-electron chi connectivity index (χ3n) is 4.45. The number of benzene rings is 3. The summed E-state index contributed by atoms with van der Waals surface area (Å²) >= 11 is 0. The lowest BCUT2D eigenvalue weighted by Gasteiger charge is -2.26. The molecular formula is C23H17F6N3O2. The number of nitrogens with zero attached hydrogens (tertiary/aromatic N) is 2. The van der Waals surface area contributed by atoms with Gasteiger partial charge in [0.1, 0.15) is 11.5 Å². The highest BCUT2D eigenvalue weighted by Crippen LogP contribution is 2.46. The number of carbonyl (C=O) groups is 1. The van der Waals surface area contributed by atoms with Crippen LogP contribution in [-0.2, 0) is 10.7 Å². The van der Waals surface area contributed by atoms with Gasteiger partial charge in [-0.05, 0) is 72.8 Å². The van der Waals surface area contributed by atoms with E-state index in [1.165, 1.54) is 19.1 Å². The largest absolute Gasteiger partial charge is 0.457 e. The van der Waals surface area contributed by atoms with E-state index in [0.717, 1.165) is 12.1 Å². The van der Waals surface area contributed by atoms with Crippen LogP contribution in [0.4, 0.5) is 43.4 Å². The Kier molecular flexibility index (Phi) is 7.23. The zero-order valence-corrected chi connectivity index (χ0v) is 17.5. The van der Waals surface area contributed by atoms with Crippen molar-refractivity contribution in [1.82, 2.24) is 0 Å². The number of ether oxygens (including phenoxy) is 1. The average Bonchev–Trinajstić information content (AvgIpc) is 2.79. The van der Waals surface area contributed by atoms with Gasteiger partial charge in [0.25, 0.3) is 0 Å². The van der Waals surface area contributed by atoms with Crippen LogP contribution in [0.25, 0.3) is 0 Å². The lowest BCUT2D eigenvalue weighted by atomic mass is 10.0. The molecule has 0 saturated heterocycles. The molecule has 1 amide bonds. The molecule has 0 radical (unpaired) electrons. The molecule has 11 heteroatoms. The topological polar surface area (TPSA) is 63.0 Å². The standard InChI is InChI=1S/C23H17F6N3O2/c1-14(33)30-16-4-6-17(7-5-16)31-32-18-8-12-20(13-9-18)34-19-10-2-15(3-11-19)22(26,27)23(28,29)21(24)25/h2-13,21H,1H3,(H,30,33). The fraction of sp³-hybridized carbons (Fsp3) is 0.174. The quantitative estimate of drug-likeness (QED) is 0.263. The summed E-state index contributed by atoms with van der Waals surface area (Å²) in [6, 6.07) is 16.0. The third kappa shape index (κ3) is 5.72. The van der Waals surface area contributed by atoms with Crippen molar-refractivity contribution in [2.45, 2.75) is 25.2 Å². The minimum absolute atomic E-state index is 0.0357. The molecule has 0 atom stereocenters. The molecule has 34 heavy (non-hydrogen) atoms. The predicted molar refractivity (Wildman–Crippen MR) is 113 cm³/mol. The number of hydrogen-bond acceptors (Lipinski definition) is 4. The minimum Gasteiger partial charge on any atom is -0.457 e. The Bertz CT molecular complexity index is 1150. The zero-order chi connectivity index (χ0) is 24.9. The van der Waals surface area contributed by atoms with E-state index in [9.17, 15) is 31.1 Å². The van der Waals surface area contributed by atoms with Crippen LogP contribution in [0, 0.1) is 0 Å². The van der Waals surface area contributed by atoms with Gasteiger partial charge >= 0.3 is 18.3 Å². The molecule has 0 aromatic heterocycles. The molecule has 5 nitrogen and oxygen atoms in total. The zero-order valence-electron chi connectivity index (χ0n) is 17.5. The molecule has 3 aromatic rings. The van der Waals surface area contributed by atoms with E-state index < -0.39 is 23.8 Å². The van der Waals surface area contributed by atoms with Crippen LogP contribution in [0.1, 0.15) is 12.5 Å². The second-order valence-electron chi connectivity index (χ2n) is 7.05. The predicted octanol–water partition coefficient (Wildman–Crippen LogP) is 7.84. The normalized spacial score (nSPS) is 12.2. The number of anilines is 1. The molecule has 1 N–H and O–H groups in total. The number of carbonyl (C=O) groups excluding carboxylic acids is 1. The van der Waals surface area contributed by atoms with Gasteiger partial charge in [0.2, 0.25) is 5.91 Å². The Balaban J connectivity index is 1.63. The molecule has 0 aliphatic carbocycles. The number of hydrogen-bond donors (Lipinski definition) is 1. The Morgan fingerprint density at radius 2 is 1.24 bits per heavy atom. The second-order valence-corrected chi connectivity index (χ2v) is 7.05. The van der Waals surface area contributed by atoms with E-state index in [-0.39, 0.29) is 17.4 Å². The monoisotopic (exact) mass is 481 g/mol. The van der Waals surface area contributed by atoms with E-state index >= 15 is 0 Å². The molecule has 0 aliphatic rings. The van der Waals surface area contributed by atoms with Crippen molar-refractivity contribution in [3.8, 4) is 11.5 Å². The SMILES string of the molecule is CC(=O)Nc1ccc(N=Nc2ccc(Oc3ccc(C(F)(F)C(F)(F)C(F)F)cc3)cc2)cc1. The van der Waals surface area contributed by atoms with Gasteiger partial charge in [0, 0.05) is 18.2 Å². The molecule has 0 saturated carbocycles. The fourth-order valence-corrected chi connectivity index (χ4v) is 2.71. The summed E-state index contributed by atoms with van der Waals surface area (Å²) in [6.07, 6.45) is -4.52. The van der Waals surface area contributed by atoms with Crippen LogP contribution in [0.15, 0.2) is 83.0 Å². The van der Waals surface area contributed by atoms with Gasteiger partial charge in [0.05, 0.1) is 11.4 Å². The number of amides is 1. The van der Waals surface area contributed by atoms with E-state index in [1.54, 1.807) is 36.4 Å². The highest BCUT2D eigenvalue weighted by atomic mass is 19.3. The maximum atomic E-state index is 13.7. The van der Waals surface area contributed by atoms with Gasteiger partial charge in [-0.3, -0.25) is 4.79 Å². The second kappa shape index (κ2) is 9.94. The lowest BCUT2D eigenvalue weighted by Crippen LogP contribution is -2.44. The maximum Gasteiger partial charge on any atom is 0.373 e. The van der Waals surface area contributed by atoms with Gasteiger partial charge in [-0.15, -0.1) is 0 Å². The summed E-state index contributed by atoms with van der Waals surface area (Å²) in [6.45, 7) is 1.40. The van der Waals surface area contributed by atoms with Crippen LogP contribution in [0.5, 0.6) is 11.5 Å². The first-order chi connectivity index (χ1) is 16.0. The first-order valence-corrected chi connectivity index (χ1v) is 9.70. The summed E-state index contributed by atoms with van der Waals surface area (Å²) in [5.74, 6) is -10.4. The van der Waals surface area contributed by atoms with E-state index in [0.29, 0.717) is 29.2 Å². The van der Waals surface area contributed by atoms with Gasteiger partial charge in [-0.2, -0.15) is 27.8 Å². The number of alkyl halides is 6. The van der Waals surface area contributed by atoms with Crippen molar-refractivity contribution in [2.75, 3.05) is 5.32 Å². The van der Waals surface area contributed by atoms with Gasteiger partial charge in [-0.1, -0.05) is 0 Å². The molecule has 0 fully saturated rings. The van der Waals surface area contributed by atoms with Crippen LogP contribution >= 0.6 is 0 Å². The molecule has 3 rings (SSSR count). The maximum absolute atomic E-state index is 13.7. The number of halogens is 6. The Labute approximate surface area is 190 Å². The Morgan fingerprint density at radius 1 is 0.794 bits per heavy atom. The Hall–Kier alpha value is -3.89. The summed E-state index contributed by atoms with van der Waals surface area (Å²) < 4.78 is 83.9. The molecule has 0 spiro atoms. The van der Waals surface area contributed by atoms with Gasteiger partial charge in [-0.25, -0.2) is 8.78 Å². The number of nitrogens with one attached hydrogen (secondary N) is 1.